The number of alkyl halides is 3. The number of unbranched alkanes of at least 4 members (excludes halogenated alkanes) is 7. The summed E-state index contributed by atoms with van der Waals surface area (Å²) >= 11 is 0. The van der Waals surface area contributed by atoms with Crippen molar-refractivity contribution in [3.63, 3.8) is 0 Å². The fourth-order valence-electron chi connectivity index (χ4n) is 2.97. The third-order valence-electron chi connectivity index (χ3n) is 4.62. The molecule has 0 heterocycles. The molecule has 0 rings (SSSR count). The minimum Gasteiger partial charge on any atom is -0.460 e. The van der Waals surface area contributed by atoms with Crippen LogP contribution in [-0.2, 0) is 20.5 Å². The van der Waals surface area contributed by atoms with Gasteiger partial charge in [-0.2, -0.15) is 13.2 Å². The van der Waals surface area contributed by atoms with Crippen LogP contribution in [0.1, 0.15) is 106 Å². The molecule has 0 aromatic heterocycles. The lowest BCUT2D eigenvalue weighted by Crippen LogP contribution is -2.54. The van der Waals surface area contributed by atoms with E-state index in [1.165, 1.54) is 19.3 Å². The summed E-state index contributed by atoms with van der Waals surface area (Å²) in [6.45, 7) is 11.8. The number of carbonyl (C=O) groups is 1. The Labute approximate surface area is 183 Å². The SMILES string of the molecule is CCCCCCCCCC[C@H](C(=O)OC(C)(C)C)[C@H](N[S@@](=O)C(C)(C)C)C(F)(F)F. The van der Waals surface area contributed by atoms with Gasteiger partial charge in [-0.05, 0) is 48.0 Å². The molecule has 0 fully saturated rings. The molecule has 4 nitrogen and oxygen atoms in total. The van der Waals surface area contributed by atoms with Crippen molar-refractivity contribution in [2.24, 2.45) is 5.92 Å². The van der Waals surface area contributed by atoms with Crippen LogP contribution >= 0.6 is 0 Å². The van der Waals surface area contributed by atoms with Crippen LogP contribution in [-0.4, -0.2) is 32.7 Å². The Balaban J connectivity index is 5.22. The van der Waals surface area contributed by atoms with Crippen molar-refractivity contribution in [3.05, 3.63) is 0 Å². The van der Waals surface area contributed by atoms with Gasteiger partial charge in [-0.25, -0.2) is 8.93 Å². The highest BCUT2D eigenvalue weighted by Gasteiger charge is 2.49. The van der Waals surface area contributed by atoms with Crippen molar-refractivity contribution in [1.29, 1.82) is 0 Å². The summed E-state index contributed by atoms with van der Waals surface area (Å²) in [4.78, 5) is 12.7. The Morgan fingerprint density at radius 1 is 0.900 bits per heavy atom. The van der Waals surface area contributed by atoms with E-state index in [1.54, 1.807) is 41.5 Å². The zero-order chi connectivity index (χ0) is 23.6. The third-order valence-corrected chi connectivity index (χ3v) is 6.20. The summed E-state index contributed by atoms with van der Waals surface area (Å²) < 4.78 is 60.5. The maximum Gasteiger partial charge on any atom is 0.405 e. The Hall–Kier alpha value is -0.630. The van der Waals surface area contributed by atoms with Gasteiger partial charge in [0, 0.05) is 0 Å². The van der Waals surface area contributed by atoms with Crippen LogP contribution in [0, 0.1) is 5.92 Å². The lowest BCUT2D eigenvalue weighted by Gasteiger charge is -2.32. The molecule has 180 valence electrons. The number of ether oxygens (including phenoxy) is 1. The van der Waals surface area contributed by atoms with Gasteiger partial charge >= 0.3 is 12.1 Å². The molecule has 0 aromatic carbocycles. The molecule has 0 saturated carbocycles. The first-order chi connectivity index (χ1) is 13.6. The molecule has 3 atom stereocenters. The number of nitrogens with one attached hydrogen (secondary N) is 1. The van der Waals surface area contributed by atoms with Crippen molar-refractivity contribution >= 4 is 17.0 Å². The van der Waals surface area contributed by atoms with Gasteiger partial charge in [0.05, 0.1) is 21.7 Å². The quantitative estimate of drug-likeness (QED) is 0.255. The minimum absolute atomic E-state index is 0.0440. The van der Waals surface area contributed by atoms with Gasteiger partial charge in [0.1, 0.15) is 11.6 Å². The Kier molecular flexibility index (Phi) is 12.8. The van der Waals surface area contributed by atoms with E-state index in [9.17, 15) is 22.2 Å². The highest BCUT2D eigenvalue weighted by molar-refractivity contribution is 7.84. The van der Waals surface area contributed by atoms with E-state index < -0.39 is 45.4 Å². The maximum atomic E-state index is 13.9. The Morgan fingerprint density at radius 3 is 1.77 bits per heavy atom. The predicted octanol–water partition coefficient (Wildman–Crippen LogP) is 6.46. The zero-order valence-corrected chi connectivity index (χ0v) is 20.6. The molecule has 0 radical (unpaired) electrons. The van der Waals surface area contributed by atoms with Crippen LogP contribution in [0.15, 0.2) is 0 Å². The Morgan fingerprint density at radius 2 is 1.37 bits per heavy atom. The molecule has 0 aliphatic rings. The van der Waals surface area contributed by atoms with Crippen LogP contribution in [0.3, 0.4) is 0 Å². The summed E-state index contributed by atoms with van der Waals surface area (Å²) in [7, 11) is -1.97. The lowest BCUT2D eigenvalue weighted by molar-refractivity contribution is -0.185. The number of hydrogen-bond donors (Lipinski definition) is 1. The molecule has 8 heteroatoms. The van der Waals surface area contributed by atoms with Crippen molar-refractivity contribution in [2.75, 3.05) is 0 Å². The van der Waals surface area contributed by atoms with Crippen LogP contribution in [0.25, 0.3) is 0 Å². The van der Waals surface area contributed by atoms with E-state index in [0.717, 1.165) is 25.7 Å². The second kappa shape index (κ2) is 13.0. The predicted molar refractivity (Wildman–Crippen MR) is 117 cm³/mol. The number of rotatable bonds is 13. The van der Waals surface area contributed by atoms with E-state index in [2.05, 4.69) is 11.6 Å². The maximum absolute atomic E-state index is 13.9. The van der Waals surface area contributed by atoms with Crippen molar-refractivity contribution in [1.82, 2.24) is 4.72 Å². The topological polar surface area (TPSA) is 55.4 Å². The first-order valence-electron chi connectivity index (χ1n) is 11.1. The largest absolute Gasteiger partial charge is 0.460 e. The highest BCUT2D eigenvalue weighted by atomic mass is 32.2. The van der Waals surface area contributed by atoms with Crippen molar-refractivity contribution < 1.29 is 26.9 Å². The first-order valence-corrected chi connectivity index (χ1v) is 12.2. The van der Waals surface area contributed by atoms with Gasteiger partial charge in [-0.3, -0.25) is 4.79 Å². The summed E-state index contributed by atoms with van der Waals surface area (Å²) in [5, 5.41) is 0. The van der Waals surface area contributed by atoms with Crippen molar-refractivity contribution in [2.45, 2.75) is 129 Å². The summed E-state index contributed by atoms with van der Waals surface area (Å²) in [6, 6.07) is -2.21. The molecule has 0 spiro atoms. The summed E-state index contributed by atoms with van der Waals surface area (Å²) in [5.41, 5.74) is -0.895. The molecule has 0 aromatic rings. The molecular formula is C22H42F3NO3S. The highest BCUT2D eigenvalue weighted by Crippen LogP contribution is 2.32. The molecule has 0 unspecified atom stereocenters. The fourth-order valence-corrected chi connectivity index (χ4v) is 3.85. The molecular weight excluding hydrogens is 415 g/mol. The minimum atomic E-state index is -4.72. The summed E-state index contributed by atoms with van der Waals surface area (Å²) in [5.74, 6) is -2.33. The van der Waals surface area contributed by atoms with Gasteiger partial charge < -0.3 is 4.74 Å². The molecule has 0 amide bonds. The normalized spacial score (nSPS) is 16.2. The smallest absolute Gasteiger partial charge is 0.405 e. The number of halogens is 3. The standard InChI is InChI=1S/C22H42F3NO3S/c1-8-9-10-11-12-13-14-15-16-17(19(27)29-20(2,3)4)18(22(23,24)25)26-30(28)21(5,6)7/h17-18,26H,8-16H2,1-7H3/t17-,18-,30-/m0/s1. The Bertz CT molecular complexity index is 525. The number of carbonyl (C=O) groups excluding carboxylic acids is 1. The average Bonchev–Trinajstić information content (AvgIpc) is 2.55. The number of hydrogen-bond acceptors (Lipinski definition) is 3. The second-order valence-electron chi connectivity index (χ2n) is 9.92. The molecule has 30 heavy (non-hydrogen) atoms. The van der Waals surface area contributed by atoms with Gasteiger partial charge in [0.2, 0.25) is 0 Å². The van der Waals surface area contributed by atoms with E-state index >= 15 is 0 Å². The van der Waals surface area contributed by atoms with E-state index in [4.69, 9.17) is 4.74 Å². The molecule has 0 aliphatic carbocycles. The van der Waals surface area contributed by atoms with E-state index in [-0.39, 0.29) is 6.42 Å². The van der Waals surface area contributed by atoms with Gasteiger partial charge in [-0.1, -0.05) is 58.3 Å². The second-order valence-corrected chi connectivity index (χ2v) is 11.9. The monoisotopic (exact) mass is 457 g/mol. The van der Waals surface area contributed by atoms with Crippen LogP contribution in [0.2, 0.25) is 0 Å². The van der Waals surface area contributed by atoms with Crippen LogP contribution < -0.4 is 4.72 Å². The van der Waals surface area contributed by atoms with Gasteiger partial charge in [0.25, 0.3) is 0 Å². The van der Waals surface area contributed by atoms with E-state index in [0.29, 0.717) is 6.42 Å². The molecule has 0 saturated heterocycles. The van der Waals surface area contributed by atoms with Crippen LogP contribution in [0.5, 0.6) is 0 Å². The average molecular weight is 458 g/mol. The molecule has 0 bridgehead atoms. The lowest BCUT2D eigenvalue weighted by atomic mass is 9.92. The van der Waals surface area contributed by atoms with Crippen LogP contribution in [0.4, 0.5) is 13.2 Å². The third kappa shape index (κ3) is 12.9. The van der Waals surface area contributed by atoms with E-state index in [1.807, 2.05) is 0 Å². The van der Waals surface area contributed by atoms with Crippen molar-refractivity contribution in [3.8, 4) is 0 Å². The zero-order valence-electron chi connectivity index (χ0n) is 19.8. The first kappa shape index (κ1) is 29.4. The van der Waals surface area contributed by atoms with Gasteiger partial charge in [-0.15, -0.1) is 0 Å². The van der Waals surface area contributed by atoms with Gasteiger partial charge in [0.15, 0.2) is 0 Å². The fraction of sp³-hybridized carbons (Fsp3) is 0.955. The molecule has 1 N–H and O–H groups in total. The molecule has 0 aliphatic heterocycles. The summed E-state index contributed by atoms with van der Waals surface area (Å²) in [6.07, 6.45) is 3.23. The number of esters is 1.